The van der Waals surface area contributed by atoms with Crippen LogP contribution in [0.4, 0.5) is 34.1 Å². The van der Waals surface area contributed by atoms with Crippen molar-refractivity contribution in [2.24, 2.45) is 17.8 Å². The van der Waals surface area contributed by atoms with Crippen molar-refractivity contribution in [1.29, 1.82) is 0 Å². The second-order valence-electron chi connectivity index (χ2n) is 15.5. The monoisotopic (exact) mass is 684 g/mol. The van der Waals surface area contributed by atoms with Crippen molar-refractivity contribution < 1.29 is 4.42 Å². The third-order valence-corrected chi connectivity index (χ3v) is 12.8. The number of furan rings is 1. The molecule has 2 unspecified atom stereocenters. The van der Waals surface area contributed by atoms with E-state index < -0.39 is 0 Å². The van der Waals surface area contributed by atoms with Crippen LogP contribution in [0.2, 0.25) is 0 Å². The first kappa shape index (κ1) is 30.6. The van der Waals surface area contributed by atoms with Gasteiger partial charge < -0.3 is 14.2 Å². The lowest BCUT2D eigenvalue weighted by atomic mass is 9.74. The Labute approximate surface area is 310 Å². The maximum atomic E-state index is 6.55. The zero-order valence-electron chi connectivity index (χ0n) is 29.6. The molecule has 1 heterocycles. The smallest absolute Gasteiger partial charge is 0.137 e. The normalized spacial score (nSPS) is 21.2. The number of hydrogen-bond acceptors (Lipinski definition) is 3. The van der Waals surface area contributed by atoms with Crippen molar-refractivity contribution in [2.75, 3.05) is 9.80 Å². The van der Waals surface area contributed by atoms with E-state index in [-0.39, 0.29) is 0 Å². The maximum absolute atomic E-state index is 6.55. The molecule has 1 aromatic heterocycles. The summed E-state index contributed by atoms with van der Waals surface area (Å²) in [7, 11) is 0. The molecule has 0 radical (unpaired) electrons. The Kier molecular flexibility index (Phi) is 6.92. The quantitative estimate of drug-likeness (QED) is 0.159. The zero-order valence-corrected chi connectivity index (χ0v) is 29.6. The Morgan fingerprint density at radius 2 is 0.887 bits per heavy atom. The lowest BCUT2D eigenvalue weighted by Crippen LogP contribution is -2.24. The number of nitrogens with zero attached hydrogens (tertiary/aromatic N) is 2. The molecule has 12 rings (SSSR count). The average Bonchev–Trinajstić information content (AvgIpc) is 4.04. The summed E-state index contributed by atoms with van der Waals surface area (Å²) < 4.78 is 6.55. The van der Waals surface area contributed by atoms with E-state index in [2.05, 4.69) is 186 Å². The summed E-state index contributed by atoms with van der Waals surface area (Å²) in [6.07, 6.45) is 5.79. The molecule has 3 nitrogen and oxygen atoms in total. The fourth-order valence-corrected chi connectivity index (χ4v) is 10.4. The van der Waals surface area contributed by atoms with Crippen molar-refractivity contribution in [1.82, 2.24) is 0 Å². The van der Waals surface area contributed by atoms with Crippen LogP contribution < -0.4 is 9.80 Å². The van der Waals surface area contributed by atoms with Crippen molar-refractivity contribution in [3.05, 3.63) is 181 Å². The predicted molar refractivity (Wildman–Crippen MR) is 219 cm³/mol. The number of anilines is 6. The Morgan fingerprint density at radius 3 is 1.42 bits per heavy atom. The summed E-state index contributed by atoms with van der Waals surface area (Å²) in [4.78, 5) is 4.61. The Balaban J connectivity index is 0.937. The SMILES string of the molecule is c1ccc(N(c2ccccc2)c2ccc3c(c2)oc2ccc(N(c4ccccc4)c4ccc(-c5ccc(C67CC8CC6CC8C7)cc5)cc4)cc23)cc1. The number of para-hydroxylation sites is 3. The molecule has 53 heavy (non-hydrogen) atoms. The summed E-state index contributed by atoms with van der Waals surface area (Å²) in [6.45, 7) is 0. The molecule has 7 aromatic carbocycles. The fraction of sp³-hybridized carbons (Fsp3) is 0.160. The van der Waals surface area contributed by atoms with Gasteiger partial charge in [-0.2, -0.15) is 0 Å². The molecule has 0 spiro atoms. The molecule has 0 saturated heterocycles. The van der Waals surface area contributed by atoms with Crippen LogP contribution in [-0.4, -0.2) is 0 Å². The second-order valence-corrected chi connectivity index (χ2v) is 15.5. The highest BCUT2D eigenvalue weighted by Gasteiger charge is 2.63. The third kappa shape index (κ3) is 4.94. The van der Waals surface area contributed by atoms with E-state index in [0.29, 0.717) is 5.41 Å². The standard InChI is InChI=1S/C50H40N2O/c1-4-10-40(11-5-1)51(41-12-6-2-7-13-41)45-24-26-46-47-30-44(25-27-48(47)53-49(46)31-45)52(42-14-8-3-9-15-42)43-22-18-35(19-23-43)34-16-20-38(21-17-34)50-32-36-28-39(50)29-37(36)33-50/h1-27,30-31,36-37,39H,28-29,32-33H2. The van der Waals surface area contributed by atoms with E-state index in [9.17, 15) is 0 Å². The van der Waals surface area contributed by atoms with Gasteiger partial charge in [-0.15, -0.1) is 0 Å². The van der Waals surface area contributed by atoms with E-state index in [4.69, 9.17) is 4.42 Å². The molecular weight excluding hydrogens is 645 g/mol. The first-order valence-electron chi connectivity index (χ1n) is 19.1. The van der Waals surface area contributed by atoms with Crippen LogP contribution >= 0.6 is 0 Å². The van der Waals surface area contributed by atoms with Gasteiger partial charge in [0.1, 0.15) is 11.2 Å². The summed E-state index contributed by atoms with van der Waals surface area (Å²) >= 11 is 0. The Morgan fingerprint density at radius 1 is 0.415 bits per heavy atom. The van der Waals surface area contributed by atoms with Crippen LogP contribution in [0.1, 0.15) is 31.2 Å². The van der Waals surface area contributed by atoms with Crippen LogP contribution in [0.5, 0.6) is 0 Å². The lowest BCUT2D eigenvalue weighted by molar-refractivity contribution is 0.371. The van der Waals surface area contributed by atoms with Crippen molar-refractivity contribution in [3.63, 3.8) is 0 Å². The molecular formula is C50H40N2O. The molecule has 3 heteroatoms. The highest BCUT2D eigenvalue weighted by Crippen LogP contribution is 2.70. The number of fused-ring (bicyclic) bond motifs is 3. The van der Waals surface area contributed by atoms with Gasteiger partial charge in [0, 0.05) is 51.0 Å². The second kappa shape index (κ2) is 12.0. The molecule has 4 aliphatic carbocycles. The van der Waals surface area contributed by atoms with E-state index in [1.807, 2.05) is 0 Å². The third-order valence-electron chi connectivity index (χ3n) is 12.8. The van der Waals surface area contributed by atoms with Gasteiger partial charge in [-0.1, -0.05) is 91.0 Å². The molecule has 4 saturated carbocycles. The highest BCUT2D eigenvalue weighted by molar-refractivity contribution is 6.07. The van der Waals surface area contributed by atoms with E-state index in [0.717, 1.165) is 73.8 Å². The molecule has 0 amide bonds. The van der Waals surface area contributed by atoms with Gasteiger partial charge in [0.05, 0.1) is 0 Å². The molecule has 2 atom stereocenters. The first-order chi connectivity index (χ1) is 26.2. The van der Waals surface area contributed by atoms with Crippen molar-refractivity contribution in [3.8, 4) is 11.1 Å². The van der Waals surface area contributed by atoms with Crippen LogP contribution in [0.3, 0.4) is 0 Å². The van der Waals surface area contributed by atoms with Crippen molar-refractivity contribution >= 4 is 56.1 Å². The average molecular weight is 685 g/mol. The lowest BCUT2D eigenvalue weighted by Gasteiger charge is -2.29. The van der Waals surface area contributed by atoms with Gasteiger partial charge in [0.25, 0.3) is 0 Å². The summed E-state index contributed by atoms with van der Waals surface area (Å²) in [5.74, 6) is 2.92. The molecule has 0 N–H and O–H groups in total. The first-order valence-corrected chi connectivity index (χ1v) is 19.1. The topological polar surface area (TPSA) is 19.6 Å². The van der Waals surface area contributed by atoms with Gasteiger partial charge in [-0.3, -0.25) is 0 Å². The summed E-state index contributed by atoms with van der Waals surface area (Å²) in [5.41, 5.74) is 12.9. The molecule has 256 valence electrons. The zero-order chi connectivity index (χ0) is 34.9. The Bertz CT molecular complexity index is 2520. The van der Waals surface area contributed by atoms with Gasteiger partial charge >= 0.3 is 0 Å². The minimum Gasteiger partial charge on any atom is -0.456 e. The summed E-state index contributed by atoms with van der Waals surface area (Å²) in [5, 5.41) is 2.20. The maximum Gasteiger partial charge on any atom is 0.137 e. The van der Waals surface area contributed by atoms with E-state index in [1.54, 1.807) is 5.56 Å². The number of rotatable bonds is 8. The number of benzene rings is 7. The van der Waals surface area contributed by atoms with Crippen LogP contribution in [0.25, 0.3) is 33.1 Å². The highest BCUT2D eigenvalue weighted by atomic mass is 16.3. The van der Waals surface area contributed by atoms with Crippen LogP contribution in [-0.2, 0) is 5.41 Å². The largest absolute Gasteiger partial charge is 0.456 e. The molecule has 0 aliphatic heterocycles. The minimum absolute atomic E-state index is 0.474. The van der Waals surface area contributed by atoms with Gasteiger partial charge in [-0.25, -0.2) is 0 Å². The van der Waals surface area contributed by atoms with E-state index >= 15 is 0 Å². The summed E-state index contributed by atoms with van der Waals surface area (Å²) in [6, 6.07) is 63.4. The molecule has 4 bridgehead atoms. The number of hydrogen-bond donors (Lipinski definition) is 0. The van der Waals surface area contributed by atoms with Crippen molar-refractivity contribution in [2.45, 2.75) is 31.1 Å². The van der Waals surface area contributed by atoms with Gasteiger partial charge in [0.2, 0.25) is 0 Å². The molecule has 4 aliphatic rings. The predicted octanol–water partition coefficient (Wildman–Crippen LogP) is 13.9. The molecule has 4 fully saturated rings. The molecule has 8 aromatic rings. The van der Waals surface area contributed by atoms with E-state index in [1.165, 1.54) is 36.8 Å². The van der Waals surface area contributed by atoms with Crippen LogP contribution in [0, 0.1) is 17.8 Å². The van der Waals surface area contributed by atoms with Gasteiger partial charge in [-0.05, 0) is 144 Å². The van der Waals surface area contributed by atoms with Gasteiger partial charge in [0.15, 0.2) is 0 Å². The fourth-order valence-electron chi connectivity index (χ4n) is 10.4. The Hall–Kier alpha value is -6.06. The van der Waals surface area contributed by atoms with Crippen LogP contribution in [0.15, 0.2) is 180 Å². The minimum atomic E-state index is 0.474.